The zero-order valence-corrected chi connectivity index (χ0v) is 10.2. The van der Waals surface area contributed by atoms with E-state index in [-0.39, 0.29) is 5.54 Å². The highest BCUT2D eigenvalue weighted by molar-refractivity contribution is 5.03. The fraction of sp³-hybridized carbons (Fsp3) is 0.583. The summed E-state index contributed by atoms with van der Waals surface area (Å²) in [6.45, 7) is 14.0. The van der Waals surface area contributed by atoms with Crippen molar-refractivity contribution >= 4 is 0 Å². The van der Waals surface area contributed by atoms with Gasteiger partial charge in [-0.05, 0) is 33.8 Å². The molecule has 0 unspecified atom stereocenters. The van der Waals surface area contributed by atoms with Crippen LogP contribution in [0.1, 0.15) is 33.4 Å². The first-order valence-electron chi connectivity index (χ1n) is 5.28. The van der Waals surface area contributed by atoms with Crippen LogP contribution in [0.25, 0.3) is 0 Å². The molecule has 1 aromatic heterocycles. The standard InChI is InChI=1S/C12H21N3/c1-10(2)9-15-11(6-7-14-15)8-13-12(3,4)5/h6-7,13H,1,8-9H2,2-5H3. The first kappa shape index (κ1) is 12.0. The summed E-state index contributed by atoms with van der Waals surface area (Å²) >= 11 is 0. The molecule has 0 saturated heterocycles. The third-order valence-corrected chi connectivity index (χ3v) is 2.02. The molecule has 1 N–H and O–H groups in total. The molecule has 15 heavy (non-hydrogen) atoms. The van der Waals surface area contributed by atoms with Crippen LogP contribution >= 0.6 is 0 Å². The van der Waals surface area contributed by atoms with Crippen LogP contribution in [-0.4, -0.2) is 15.3 Å². The fourth-order valence-corrected chi connectivity index (χ4v) is 1.26. The normalized spacial score (nSPS) is 11.7. The Morgan fingerprint density at radius 3 is 2.73 bits per heavy atom. The molecule has 84 valence electrons. The van der Waals surface area contributed by atoms with Gasteiger partial charge in [0.05, 0.1) is 12.2 Å². The first-order valence-corrected chi connectivity index (χ1v) is 5.28. The Morgan fingerprint density at radius 1 is 1.53 bits per heavy atom. The molecule has 3 heteroatoms. The quantitative estimate of drug-likeness (QED) is 0.768. The average Bonchev–Trinajstić information content (AvgIpc) is 2.46. The Bertz CT molecular complexity index is 331. The topological polar surface area (TPSA) is 29.9 Å². The van der Waals surface area contributed by atoms with Crippen LogP contribution in [0.3, 0.4) is 0 Å². The average molecular weight is 207 g/mol. The summed E-state index contributed by atoms with van der Waals surface area (Å²) in [7, 11) is 0. The van der Waals surface area contributed by atoms with Crippen molar-refractivity contribution in [2.75, 3.05) is 0 Å². The van der Waals surface area contributed by atoms with E-state index in [2.05, 4.69) is 37.8 Å². The molecule has 0 aliphatic rings. The maximum atomic E-state index is 4.27. The highest BCUT2D eigenvalue weighted by Crippen LogP contribution is 2.05. The van der Waals surface area contributed by atoms with Crippen LogP contribution in [0.15, 0.2) is 24.4 Å². The van der Waals surface area contributed by atoms with Crippen LogP contribution in [-0.2, 0) is 13.1 Å². The van der Waals surface area contributed by atoms with Crippen molar-refractivity contribution in [2.45, 2.75) is 46.3 Å². The highest BCUT2D eigenvalue weighted by atomic mass is 15.3. The summed E-state index contributed by atoms with van der Waals surface area (Å²) in [6, 6.07) is 2.04. The molecule has 1 heterocycles. The number of hydrogen-bond acceptors (Lipinski definition) is 2. The molecule has 0 bridgehead atoms. The van der Waals surface area contributed by atoms with Crippen LogP contribution in [0, 0.1) is 0 Å². The van der Waals surface area contributed by atoms with Crippen molar-refractivity contribution in [3.8, 4) is 0 Å². The minimum absolute atomic E-state index is 0.137. The van der Waals surface area contributed by atoms with Gasteiger partial charge in [0.2, 0.25) is 0 Å². The van der Waals surface area contributed by atoms with Crippen LogP contribution in [0.4, 0.5) is 0 Å². The highest BCUT2D eigenvalue weighted by Gasteiger charge is 2.10. The molecule has 1 rings (SSSR count). The largest absolute Gasteiger partial charge is 0.306 e. The molecule has 0 radical (unpaired) electrons. The third kappa shape index (κ3) is 4.30. The van der Waals surface area contributed by atoms with E-state index in [1.54, 1.807) is 0 Å². The van der Waals surface area contributed by atoms with E-state index in [0.717, 1.165) is 18.7 Å². The van der Waals surface area contributed by atoms with Crippen molar-refractivity contribution in [1.29, 1.82) is 0 Å². The van der Waals surface area contributed by atoms with Gasteiger partial charge in [-0.2, -0.15) is 5.10 Å². The van der Waals surface area contributed by atoms with Gasteiger partial charge in [-0.1, -0.05) is 12.2 Å². The minimum Gasteiger partial charge on any atom is -0.306 e. The first-order chi connectivity index (χ1) is 6.88. The van der Waals surface area contributed by atoms with E-state index in [9.17, 15) is 0 Å². The zero-order chi connectivity index (χ0) is 11.5. The molecule has 0 saturated carbocycles. The second-order valence-corrected chi connectivity index (χ2v) is 5.04. The van der Waals surface area contributed by atoms with Gasteiger partial charge in [0, 0.05) is 18.3 Å². The molecule has 0 atom stereocenters. The predicted molar refractivity (Wildman–Crippen MR) is 63.6 cm³/mol. The van der Waals surface area contributed by atoms with Crippen molar-refractivity contribution in [3.63, 3.8) is 0 Å². The molecule has 0 aliphatic heterocycles. The van der Waals surface area contributed by atoms with Crippen LogP contribution in [0.5, 0.6) is 0 Å². The summed E-state index contributed by atoms with van der Waals surface area (Å²) in [5, 5.41) is 7.72. The molecule has 0 aliphatic carbocycles. The third-order valence-electron chi connectivity index (χ3n) is 2.02. The van der Waals surface area contributed by atoms with Gasteiger partial charge in [-0.3, -0.25) is 4.68 Å². The Morgan fingerprint density at radius 2 is 2.20 bits per heavy atom. The summed E-state index contributed by atoms with van der Waals surface area (Å²) in [5.41, 5.74) is 2.46. The lowest BCUT2D eigenvalue weighted by molar-refractivity contribution is 0.413. The second-order valence-electron chi connectivity index (χ2n) is 5.04. The number of rotatable bonds is 4. The smallest absolute Gasteiger partial charge is 0.0617 e. The van der Waals surface area contributed by atoms with E-state index in [1.807, 2.05) is 23.9 Å². The van der Waals surface area contributed by atoms with E-state index in [4.69, 9.17) is 0 Å². The van der Waals surface area contributed by atoms with E-state index in [0.29, 0.717) is 0 Å². The SMILES string of the molecule is C=C(C)Cn1nccc1CNC(C)(C)C. The molecule has 3 nitrogen and oxygen atoms in total. The molecule has 0 fully saturated rings. The van der Waals surface area contributed by atoms with Crippen LogP contribution < -0.4 is 5.32 Å². The zero-order valence-electron chi connectivity index (χ0n) is 10.2. The second kappa shape index (κ2) is 4.62. The summed E-state index contributed by atoms with van der Waals surface area (Å²) < 4.78 is 1.99. The van der Waals surface area contributed by atoms with Gasteiger partial charge in [-0.25, -0.2) is 0 Å². The molecule has 1 aromatic rings. The van der Waals surface area contributed by atoms with Gasteiger partial charge in [0.15, 0.2) is 0 Å². The maximum absolute atomic E-state index is 4.27. The summed E-state index contributed by atoms with van der Waals surface area (Å²) in [5.74, 6) is 0. The maximum Gasteiger partial charge on any atom is 0.0617 e. The molecule has 0 amide bonds. The van der Waals surface area contributed by atoms with Crippen molar-refractivity contribution in [3.05, 3.63) is 30.1 Å². The lowest BCUT2D eigenvalue weighted by Gasteiger charge is -2.20. The number of nitrogens with zero attached hydrogens (tertiary/aromatic N) is 2. The predicted octanol–water partition coefficient (Wildman–Crippen LogP) is 2.35. The van der Waals surface area contributed by atoms with Gasteiger partial charge in [0.25, 0.3) is 0 Å². The molecule has 0 aromatic carbocycles. The fourth-order valence-electron chi connectivity index (χ4n) is 1.26. The van der Waals surface area contributed by atoms with Crippen LogP contribution in [0.2, 0.25) is 0 Å². The minimum atomic E-state index is 0.137. The van der Waals surface area contributed by atoms with Gasteiger partial charge < -0.3 is 5.32 Å². The Kier molecular flexibility index (Phi) is 3.69. The van der Waals surface area contributed by atoms with Gasteiger partial charge in [0.1, 0.15) is 0 Å². The van der Waals surface area contributed by atoms with E-state index in [1.165, 1.54) is 5.69 Å². The van der Waals surface area contributed by atoms with Crippen molar-refractivity contribution in [2.24, 2.45) is 0 Å². The molecular formula is C12H21N3. The Labute approximate surface area is 92.2 Å². The summed E-state index contributed by atoms with van der Waals surface area (Å²) in [6.07, 6.45) is 1.84. The number of allylic oxidation sites excluding steroid dienone is 1. The van der Waals surface area contributed by atoms with Crippen molar-refractivity contribution < 1.29 is 0 Å². The van der Waals surface area contributed by atoms with E-state index < -0.39 is 0 Å². The molecule has 0 spiro atoms. The van der Waals surface area contributed by atoms with E-state index >= 15 is 0 Å². The van der Waals surface area contributed by atoms with Gasteiger partial charge in [-0.15, -0.1) is 0 Å². The van der Waals surface area contributed by atoms with Crippen molar-refractivity contribution in [1.82, 2.24) is 15.1 Å². The lowest BCUT2D eigenvalue weighted by Crippen LogP contribution is -2.35. The van der Waals surface area contributed by atoms with Gasteiger partial charge >= 0.3 is 0 Å². The number of aromatic nitrogens is 2. The number of nitrogens with one attached hydrogen (secondary N) is 1. The molecular weight excluding hydrogens is 186 g/mol. The Balaban J connectivity index is 2.61. The summed E-state index contributed by atoms with van der Waals surface area (Å²) in [4.78, 5) is 0. The monoisotopic (exact) mass is 207 g/mol. The lowest BCUT2D eigenvalue weighted by atomic mass is 10.1. The Hall–Kier alpha value is -1.09. The number of hydrogen-bond donors (Lipinski definition) is 1.